The molecular formula is C9H20N3. The van der Waals surface area contributed by atoms with Crippen molar-refractivity contribution in [2.45, 2.75) is 18.9 Å². The van der Waals surface area contributed by atoms with Gasteiger partial charge < -0.3 is 10.2 Å². The average molecular weight is 170 g/mol. The lowest BCUT2D eigenvalue weighted by molar-refractivity contribution is 0.355. The third kappa shape index (κ3) is 4.04. The molecule has 0 aliphatic carbocycles. The van der Waals surface area contributed by atoms with Gasteiger partial charge in [-0.3, -0.25) is 0 Å². The SMILES string of the molecule is CN(C)CCC1CCNCC[N]1. The lowest BCUT2D eigenvalue weighted by Crippen LogP contribution is -2.27. The van der Waals surface area contributed by atoms with Gasteiger partial charge in [-0.1, -0.05) is 0 Å². The van der Waals surface area contributed by atoms with Gasteiger partial charge in [0, 0.05) is 19.1 Å². The van der Waals surface area contributed by atoms with Crippen LogP contribution in [0.15, 0.2) is 0 Å². The van der Waals surface area contributed by atoms with Gasteiger partial charge >= 0.3 is 0 Å². The monoisotopic (exact) mass is 170 g/mol. The van der Waals surface area contributed by atoms with Crippen molar-refractivity contribution in [1.82, 2.24) is 15.5 Å². The van der Waals surface area contributed by atoms with Crippen LogP contribution in [-0.4, -0.2) is 51.2 Å². The Kier molecular flexibility index (Phi) is 4.58. The number of nitrogens with one attached hydrogen (secondary N) is 1. The van der Waals surface area contributed by atoms with Crippen molar-refractivity contribution < 1.29 is 0 Å². The van der Waals surface area contributed by atoms with Crippen LogP contribution in [0.4, 0.5) is 0 Å². The Hall–Kier alpha value is -0.120. The van der Waals surface area contributed by atoms with Gasteiger partial charge in [0.2, 0.25) is 0 Å². The maximum absolute atomic E-state index is 4.61. The van der Waals surface area contributed by atoms with Gasteiger partial charge in [0.25, 0.3) is 0 Å². The number of rotatable bonds is 3. The highest BCUT2D eigenvalue weighted by molar-refractivity contribution is 4.72. The average Bonchev–Trinajstić information content (AvgIpc) is 2.28. The van der Waals surface area contributed by atoms with Crippen molar-refractivity contribution in [3.8, 4) is 0 Å². The van der Waals surface area contributed by atoms with E-state index in [9.17, 15) is 0 Å². The minimum absolute atomic E-state index is 0.599. The molecule has 0 aromatic carbocycles. The second-order valence-electron chi connectivity index (χ2n) is 3.69. The minimum atomic E-state index is 0.599. The second kappa shape index (κ2) is 5.51. The molecule has 0 spiro atoms. The Morgan fingerprint density at radius 3 is 3.00 bits per heavy atom. The Balaban J connectivity index is 2.12. The summed E-state index contributed by atoms with van der Waals surface area (Å²) in [5, 5.41) is 7.96. The fraction of sp³-hybridized carbons (Fsp3) is 1.00. The van der Waals surface area contributed by atoms with E-state index in [1.54, 1.807) is 0 Å². The highest BCUT2D eigenvalue weighted by Gasteiger charge is 2.11. The zero-order valence-electron chi connectivity index (χ0n) is 8.21. The Bertz CT molecular complexity index is 106. The first-order valence-corrected chi connectivity index (χ1v) is 4.81. The maximum Gasteiger partial charge on any atom is 0.0270 e. The standard InChI is InChI=1S/C9H20N3/c1-12(2)8-4-9-3-5-10-6-7-11-9/h9-10H,3-8H2,1-2H3. The third-order valence-corrected chi connectivity index (χ3v) is 2.24. The van der Waals surface area contributed by atoms with Crippen LogP contribution < -0.4 is 10.6 Å². The molecule has 1 saturated heterocycles. The summed E-state index contributed by atoms with van der Waals surface area (Å²) >= 11 is 0. The Morgan fingerprint density at radius 2 is 2.25 bits per heavy atom. The van der Waals surface area contributed by atoms with E-state index in [1.807, 2.05) is 0 Å². The number of hydrogen-bond acceptors (Lipinski definition) is 2. The van der Waals surface area contributed by atoms with E-state index in [4.69, 9.17) is 0 Å². The number of nitrogens with zero attached hydrogens (tertiary/aromatic N) is 2. The molecule has 0 amide bonds. The Labute approximate surface area is 75.5 Å². The van der Waals surface area contributed by atoms with Crippen molar-refractivity contribution in [1.29, 1.82) is 0 Å². The summed E-state index contributed by atoms with van der Waals surface area (Å²) in [5.41, 5.74) is 0. The molecule has 1 aliphatic heterocycles. The molecule has 71 valence electrons. The second-order valence-corrected chi connectivity index (χ2v) is 3.69. The quantitative estimate of drug-likeness (QED) is 0.641. The first kappa shape index (κ1) is 9.96. The van der Waals surface area contributed by atoms with Crippen LogP contribution in [0, 0.1) is 0 Å². The van der Waals surface area contributed by atoms with Crippen LogP contribution in [0.1, 0.15) is 12.8 Å². The summed E-state index contributed by atoms with van der Waals surface area (Å²) in [7, 11) is 4.24. The summed E-state index contributed by atoms with van der Waals surface area (Å²) in [6, 6.07) is 0.599. The summed E-state index contributed by atoms with van der Waals surface area (Å²) in [6.07, 6.45) is 2.43. The molecule has 0 aromatic heterocycles. The fourth-order valence-electron chi connectivity index (χ4n) is 1.45. The van der Waals surface area contributed by atoms with Gasteiger partial charge in [0.15, 0.2) is 0 Å². The van der Waals surface area contributed by atoms with Gasteiger partial charge in [-0.2, -0.15) is 0 Å². The minimum Gasteiger partial charge on any atom is -0.315 e. The lowest BCUT2D eigenvalue weighted by Gasteiger charge is -2.16. The maximum atomic E-state index is 4.61. The van der Waals surface area contributed by atoms with Gasteiger partial charge in [0.05, 0.1) is 0 Å². The van der Waals surface area contributed by atoms with Gasteiger partial charge in [-0.25, -0.2) is 5.32 Å². The summed E-state index contributed by atoms with van der Waals surface area (Å²) < 4.78 is 0. The van der Waals surface area contributed by atoms with Gasteiger partial charge in [0.1, 0.15) is 0 Å². The molecule has 0 aromatic rings. The van der Waals surface area contributed by atoms with Gasteiger partial charge in [-0.15, -0.1) is 0 Å². The van der Waals surface area contributed by atoms with Gasteiger partial charge in [-0.05, 0) is 40.0 Å². The largest absolute Gasteiger partial charge is 0.315 e. The first-order chi connectivity index (χ1) is 5.79. The van der Waals surface area contributed by atoms with Crippen LogP contribution in [0.25, 0.3) is 0 Å². The van der Waals surface area contributed by atoms with Crippen LogP contribution in [0.3, 0.4) is 0 Å². The molecule has 1 rings (SSSR count). The third-order valence-electron chi connectivity index (χ3n) is 2.24. The molecule has 1 fully saturated rings. The molecule has 1 unspecified atom stereocenters. The molecular weight excluding hydrogens is 150 g/mol. The highest BCUT2D eigenvalue weighted by atomic mass is 15.1. The topological polar surface area (TPSA) is 29.4 Å². The first-order valence-electron chi connectivity index (χ1n) is 4.81. The summed E-state index contributed by atoms with van der Waals surface area (Å²) in [5.74, 6) is 0. The predicted octanol–water partition coefficient (Wildman–Crippen LogP) is -0.0956. The van der Waals surface area contributed by atoms with Crippen molar-refractivity contribution >= 4 is 0 Å². The fourth-order valence-corrected chi connectivity index (χ4v) is 1.45. The van der Waals surface area contributed by atoms with Crippen LogP contribution in [0.2, 0.25) is 0 Å². The van der Waals surface area contributed by atoms with Crippen molar-refractivity contribution in [3.63, 3.8) is 0 Å². The van der Waals surface area contributed by atoms with E-state index in [2.05, 4.69) is 29.6 Å². The zero-order chi connectivity index (χ0) is 8.81. The molecule has 1 radical (unpaired) electrons. The summed E-state index contributed by atoms with van der Waals surface area (Å²) in [4.78, 5) is 2.23. The van der Waals surface area contributed by atoms with Crippen molar-refractivity contribution in [2.24, 2.45) is 0 Å². The van der Waals surface area contributed by atoms with Crippen LogP contribution in [-0.2, 0) is 0 Å². The molecule has 1 N–H and O–H groups in total. The van der Waals surface area contributed by atoms with E-state index in [0.717, 1.165) is 26.2 Å². The molecule has 3 heteroatoms. The Morgan fingerprint density at radius 1 is 1.42 bits per heavy atom. The normalized spacial score (nSPS) is 25.8. The lowest BCUT2D eigenvalue weighted by atomic mass is 10.1. The molecule has 1 heterocycles. The van der Waals surface area contributed by atoms with Crippen LogP contribution >= 0.6 is 0 Å². The van der Waals surface area contributed by atoms with Crippen molar-refractivity contribution in [2.75, 3.05) is 40.3 Å². The van der Waals surface area contributed by atoms with E-state index in [-0.39, 0.29) is 0 Å². The van der Waals surface area contributed by atoms with E-state index in [0.29, 0.717) is 6.04 Å². The zero-order valence-corrected chi connectivity index (χ0v) is 8.21. The molecule has 0 saturated carbocycles. The molecule has 3 nitrogen and oxygen atoms in total. The van der Waals surface area contributed by atoms with E-state index in [1.165, 1.54) is 12.8 Å². The van der Waals surface area contributed by atoms with Crippen LogP contribution in [0.5, 0.6) is 0 Å². The molecule has 0 bridgehead atoms. The molecule has 1 atom stereocenters. The van der Waals surface area contributed by atoms with E-state index >= 15 is 0 Å². The molecule has 12 heavy (non-hydrogen) atoms. The number of hydrogen-bond donors (Lipinski definition) is 1. The van der Waals surface area contributed by atoms with E-state index < -0.39 is 0 Å². The predicted molar refractivity (Wildman–Crippen MR) is 51.4 cm³/mol. The highest BCUT2D eigenvalue weighted by Crippen LogP contribution is 2.01. The smallest absolute Gasteiger partial charge is 0.0270 e. The van der Waals surface area contributed by atoms with Crippen molar-refractivity contribution in [3.05, 3.63) is 0 Å². The molecule has 1 aliphatic rings. The summed E-state index contributed by atoms with van der Waals surface area (Å²) in [6.45, 7) is 4.37.